The van der Waals surface area contributed by atoms with Crippen LogP contribution < -0.4 is 14.8 Å². The second kappa shape index (κ2) is 7.26. The monoisotopic (exact) mass is 347 g/mol. The molecule has 0 saturated heterocycles. The van der Waals surface area contributed by atoms with Gasteiger partial charge in [0.2, 0.25) is 5.95 Å². The molecule has 0 aliphatic rings. The summed E-state index contributed by atoms with van der Waals surface area (Å²) in [6, 6.07) is 7.36. The fraction of sp³-hybridized carbons (Fsp3) is 0.267. The number of aryl methyl sites for hydroxylation is 1. The molecule has 0 atom stereocenters. The Morgan fingerprint density at radius 3 is 2.83 bits per heavy atom. The molecule has 9 heteroatoms. The molecule has 0 spiro atoms. The molecular formula is C15H17N5O3S. The summed E-state index contributed by atoms with van der Waals surface area (Å²) in [4.78, 5) is 4.39. The normalized spacial score (nSPS) is 10.6. The highest BCUT2D eigenvalue weighted by Gasteiger charge is 2.10. The van der Waals surface area contributed by atoms with Crippen LogP contribution in [-0.4, -0.2) is 34.6 Å². The molecule has 0 radical (unpaired) electrons. The van der Waals surface area contributed by atoms with Crippen LogP contribution in [0.1, 0.15) is 11.5 Å². The molecule has 0 saturated carbocycles. The lowest BCUT2D eigenvalue weighted by Gasteiger charge is -2.10. The first kappa shape index (κ1) is 16.2. The van der Waals surface area contributed by atoms with Gasteiger partial charge in [-0.1, -0.05) is 16.9 Å². The third-order valence-corrected chi connectivity index (χ3v) is 4.05. The molecule has 8 nitrogen and oxygen atoms in total. The lowest BCUT2D eigenvalue weighted by molar-refractivity contribution is 0.393. The molecule has 2 heterocycles. The Bertz CT molecular complexity index is 817. The van der Waals surface area contributed by atoms with E-state index in [1.807, 2.05) is 25.1 Å². The summed E-state index contributed by atoms with van der Waals surface area (Å²) >= 11 is 1.49. The molecule has 2 N–H and O–H groups in total. The van der Waals surface area contributed by atoms with Crippen LogP contribution in [0.25, 0.3) is 0 Å². The third-order valence-electron chi connectivity index (χ3n) is 3.15. The van der Waals surface area contributed by atoms with Gasteiger partial charge in [0.25, 0.3) is 0 Å². The van der Waals surface area contributed by atoms with Crippen molar-refractivity contribution in [3.8, 4) is 11.5 Å². The first-order chi connectivity index (χ1) is 11.7. The van der Waals surface area contributed by atoms with Crippen molar-refractivity contribution in [1.29, 1.82) is 0 Å². The zero-order valence-corrected chi connectivity index (χ0v) is 14.3. The predicted octanol–water partition coefficient (Wildman–Crippen LogP) is 3.15. The number of methoxy groups -OCH3 is 2. The Morgan fingerprint density at radius 2 is 2.12 bits per heavy atom. The minimum Gasteiger partial charge on any atom is -0.497 e. The SMILES string of the molecule is COc1ccc(Nc2n[nH]c(SCc3cc(C)on3)n2)c(OC)c1. The number of nitrogens with zero attached hydrogens (tertiary/aromatic N) is 3. The molecule has 0 bridgehead atoms. The Balaban J connectivity index is 1.65. The maximum atomic E-state index is 5.34. The highest BCUT2D eigenvalue weighted by molar-refractivity contribution is 7.98. The van der Waals surface area contributed by atoms with Crippen LogP contribution in [0.15, 0.2) is 33.9 Å². The first-order valence-electron chi connectivity index (χ1n) is 7.14. The number of anilines is 2. The van der Waals surface area contributed by atoms with Crippen LogP contribution in [0, 0.1) is 6.92 Å². The third kappa shape index (κ3) is 3.80. The fourth-order valence-electron chi connectivity index (χ4n) is 2.02. The molecule has 2 aromatic heterocycles. The highest BCUT2D eigenvalue weighted by Crippen LogP contribution is 2.31. The predicted molar refractivity (Wildman–Crippen MR) is 90.0 cm³/mol. The van der Waals surface area contributed by atoms with Gasteiger partial charge in [0.1, 0.15) is 17.3 Å². The van der Waals surface area contributed by atoms with Crippen molar-refractivity contribution in [3.63, 3.8) is 0 Å². The van der Waals surface area contributed by atoms with Crippen molar-refractivity contribution in [2.45, 2.75) is 17.8 Å². The number of hydrogen-bond acceptors (Lipinski definition) is 8. The molecule has 0 aliphatic heterocycles. The average Bonchev–Trinajstić information content (AvgIpc) is 3.22. The van der Waals surface area contributed by atoms with E-state index in [2.05, 4.69) is 25.7 Å². The Hall–Kier alpha value is -2.68. The number of rotatable bonds is 7. The van der Waals surface area contributed by atoms with Gasteiger partial charge in [-0.2, -0.15) is 4.98 Å². The molecule has 0 unspecified atom stereocenters. The maximum absolute atomic E-state index is 5.34. The van der Waals surface area contributed by atoms with Gasteiger partial charge in [0.05, 0.1) is 25.6 Å². The number of H-pyrrole nitrogens is 1. The standard InChI is InChI=1S/C15H17N5O3S/c1-9-6-10(20-23-9)8-24-15-17-14(18-19-15)16-12-5-4-11(21-2)7-13(12)22-3/h4-7H,8H2,1-3H3,(H2,16,17,18,19). The molecule has 126 valence electrons. The summed E-state index contributed by atoms with van der Waals surface area (Å²) in [5.74, 6) is 3.25. The number of ether oxygens (including phenoxy) is 2. The molecule has 0 fully saturated rings. The molecular weight excluding hydrogens is 330 g/mol. The lowest BCUT2D eigenvalue weighted by Crippen LogP contribution is -1.97. The van der Waals surface area contributed by atoms with Crippen molar-refractivity contribution in [1.82, 2.24) is 20.3 Å². The summed E-state index contributed by atoms with van der Waals surface area (Å²) in [5.41, 5.74) is 1.61. The molecule has 24 heavy (non-hydrogen) atoms. The molecule has 0 amide bonds. The molecule has 3 aromatic rings. The van der Waals surface area contributed by atoms with E-state index in [0.717, 1.165) is 17.1 Å². The second-order valence-corrected chi connectivity index (χ2v) is 5.84. The van der Waals surface area contributed by atoms with E-state index in [4.69, 9.17) is 14.0 Å². The Kier molecular flexibility index (Phi) is 4.90. The minimum atomic E-state index is 0.456. The molecule has 0 aliphatic carbocycles. The fourth-order valence-corrected chi connectivity index (χ4v) is 2.70. The maximum Gasteiger partial charge on any atom is 0.247 e. The van der Waals surface area contributed by atoms with Gasteiger partial charge in [-0.25, -0.2) is 0 Å². The average molecular weight is 347 g/mol. The number of thioether (sulfide) groups is 1. The van der Waals surface area contributed by atoms with Gasteiger partial charge in [0, 0.05) is 17.9 Å². The van der Waals surface area contributed by atoms with E-state index < -0.39 is 0 Å². The van der Waals surface area contributed by atoms with Crippen molar-refractivity contribution >= 4 is 23.4 Å². The van der Waals surface area contributed by atoms with E-state index in [0.29, 0.717) is 28.4 Å². The van der Waals surface area contributed by atoms with Crippen LogP contribution >= 0.6 is 11.8 Å². The Labute approximate surface area is 142 Å². The van der Waals surface area contributed by atoms with Crippen LogP contribution in [0.4, 0.5) is 11.6 Å². The first-order valence-corrected chi connectivity index (χ1v) is 8.13. The van der Waals surface area contributed by atoms with Crippen LogP contribution in [0.5, 0.6) is 11.5 Å². The summed E-state index contributed by atoms with van der Waals surface area (Å²) in [6.45, 7) is 1.86. The van der Waals surface area contributed by atoms with Crippen molar-refractivity contribution in [3.05, 3.63) is 35.7 Å². The number of aromatic amines is 1. The van der Waals surface area contributed by atoms with Crippen LogP contribution in [0.3, 0.4) is 0 Å². The van der Waals surface area contributed by atoms with E-state index in [9.17, 15) is 0 Å². The number of hydrogen-bond donors (Lipinski definition) is 2. The van der Waals surface area contributed by atoms with Gasteiger partial charge in [-0.3, -0.25) is 5.10 Å². The number of aromatic nitrogens is 4. The van der Waals surface area contributed by atoms with E-state index in [1.54, 1.807) is 20.3 Å². The van der Waals surface area contributed by atoms with Gasteiger partial charge in [-0.15, -0.1) is 5.10 Å². The summed E-state index contributed by atoms with van der Waals surface area (Å²) in [5, 5.41) is 14.8. The summed E-state index contributed by atoms with van der Waals surface area (Å²) in [7, 11) is 3.20. The second-order valence-electron chi connectivity index (χ2n) is 4.87. The van der Waals surface area contributed by atoms with Gasteiger partial charge in [0.15, 0.2) is 5.16 Å². The van der Waals surface area contributed by atoms with E-state index in [-0.39, 0.29) is 0 Å². The van der Waals surface area contributed by atoms with Gasteiger partial charge in [-0.05, 0) is 19.1 Å². The summed E-state index contributed by atoms with van der Waals surface area (Å²) < 4.78 is 15.6. The Morgan fingerprint density at radius 1 is 1.25 bits per heavy atom. The number of benzene rings is 1. The smallest absolute Gasteiger partial charge is 0.247 e. The molecule has 1 aromatic carbocycles. The van der Waals surface area contributed by atoms with Crippen molar-refractivity contribution in [2.75, 3.05) is 19.5 Å². The van der Waals surface area contributed by atoms with E-state index in [1.165, 1.54) is 11.8 Å². The van der Waals surface area contributed by atoms with Crippen LogP contribution in [0.2, 0.25) is 0 Å². The van der Waals surface area contributed by atoms with Gasteiger partial charge >= 0.3 is 0 Å². The summed E-state index contributed by atoms with van der Waals surface area (Å²) in [6.07, 6.45) is 0. The lowest BCUT2D eigenvalue weighted by atomic mass is 10.2. The molecule has 3 rings (SSSR count). The van der Waals surface area contributed by atoms with E-state index >= 15 is 0 Å². The van der Waals surface area contributed by atoms with Gasteiger partial charge < -0.3 is 19.3 Å². The number of nitrogens with one attached hydrogen (secondary N) is 2. The quantitative estimate of drug-likeness (QED) is 0.629. The largest absolute Gasteiger partial charge is 0.497 e. The zero-order chi connectivity index (χ0) is 16.9. The zero-order valence-electron chi connectivity index (χ0n) is 13.5. The van der Waals surface area contributed by atoms with Crippen molar-refractivity contribution < 1.29 is 14.0 Å². The highest BCUT2D eigenvalue weighted by atomic mass is 32.2. The topological polar surface area (TPSA) is 98.1 Å². The van der Waals surface area contributed by atoms with Crippen LogP contribution in [-0.2, 0) is 5.75 Å². The minimum absolute atomic E-state index is 0.456. The van der Waals surface area contributed by atoms with Crippen molar-refractivity contribution in [2.24, 2.45) is 0 Å².